The second-order valence-corrected chi connectivity index (χ2v) is 5.00. The van der Waals surface area contributed by atoms with E-state index >= 15 is 0 Å². The van der Waals surface area contributed by atoms with Crippen molar-refractivity contribution in [1.82, 2.24) is 4.90 Å². The molecule has 0 unspecified atom stereocenters. The maximum atomic E-state index is 12.0. The standard InChI is InChI=1S/C14H27NO3/c1-6-18-14(17)10-8-7-9-13(16)15(11(2)3)12(4)5/h11-12H,6-10H2,1-5H3. The van der Waals surface area contributed by atoms with Crippen molar-refractivity contribution in [2.24, 2.45) is 0 Å². The zero-order chi connectivity index (χ0) is 14.1. The molecule has 0 aromatic rings. The number of carbonyl (C=O) groups is 2. The van der Waals surface area contributed by atoms with Crippen molar-refractivity contribution in [1.29, 1.82) is 0 Å². The van der Waals surface area contributed by atoms with Crippen LogP contribution in [0.1, 0.15) is 60.3 Å². The molecule has 0 saturated heterocycles. The van der Waals surface area contributed by atoms with Crippen molar-refractivity contribution in [3.05, 3.63) is 0 Å². The van der Waals surface area contributed by atoms with Crippen molar-refractivity contribution < 1.29 is 14.3 Å². The Morgan fingerprint density at radius 2 is 1.50 bits per heavy atom. The van der Waals surface area contributed by atoms with Gasteiger partial charge in [-0.1, -0.05) is 0 Å². The Kier molecular flexibility index (Phi) is 8.42. The third-order valence-electron chi connectivity index (χ3n) is 2.73. The highest BCUT2D eigenvalue weighted by Crippen LogP contribution is 2.10. The summed E-state index contributed by atoms with van der Waals surface area (Å²) in [5, 5.41) is 0. The van der Waals surface area contributed by atoms with Gasteiger partial charge >= 0.3 is 5.97 Å². The highest BCUT2D eigenvalue weighted by Gasteiger charge is 2.19. The van der Waals surface area contributed by atoms with Crippen molar-refractivity contribution in [3.63, 3.8) is 0 Å². The monoisotopic (exact) mass is 257 g/mol. The Balaban J connectivity index is 3.92. The predicted octanol–water partition coefficient (Wildman–Crippen LogP) is 2.76. The summed E-state index contributed by atoms with van der Waals surface area (Å²) in [7, 11) is 0. The fourth-order valence-electron chi connectivity index (χ4n) is 2.08. The lowest BCUT2D eigenvalue weighted by Gasteiger charge is -2.30. The zero-order valence-electron chi connectivity index (χ0n) is 12.4. The van der Waals surface area contributed by atoms with Crippen LogP contribution in [0.3, 0.4) is 0 Å². The Morgan fingerprint density at radius 3 is 1.94 bits per heavy atom. The molecule has 18 heavy (non-hydrogen) atoms. The molecule has 106 valence electrons. The maximum Gasteiger partial charge on any atom is 0.305 e. The summed E-state index contributed by atoms with van der Waals surface area (Å²) in [6.07, 6.45) is 2.38. The molecule has 0 aromatic heterocycles. The molecule has 0 aliphatic carbocycles. The van der Waals surface area contributed by atoms with E-state index in [1.807, 2.05) is 32.6 Å². The topological polar surface area (TPSA) is 46.6 Å². The number of unbranched alkanes of at least 4 members (excludes halogenated alkanes) is 1. The van der Waals surface area contributed by atoms with Crippen LogP contribution in [0.15, 0.2) is 0 Å². The summed E-state index contributed by atoms with van der Waals surface area (Å²) in [6, 6.07) is 0.449. The first-order valence-corrected chi connectivity index (χ1v) is 6.86. The SMILES string of the molecule is CCOC(=O)CCCCC(=O)N(C(C)C)C(C)C. The summed E-state index contributed by atoms with van der Waals surface area (Å²) in [4.78, 5) is 25.0. The first-order chi connectivity index (χ1) is 8.40. The van der Waals surface area contributed by atoms with Gasteiger partial charge in [-0.25, -0.2) is 0 Å². The Labute approximate surface area is 111 Å². The molecule has 0 fully saturated rings. The van der Waals surface area contributed by atoms with Crippen LogP contribution in [0.2, 0.25) is 0 Å². The molecule has 0 aliphatic rings. The molecule has 4 nitrogen and oxygen atoms in total. The summed E-state index contributed by atoms with van der Waals surface area (Å²) < 4.78 is 4.84. The average Bonchev–Trinajstić information content (AvgIpc) is 2.23. The Bertz CT molecular complexity index is 254. The van der Waals surface area contributed by atoms with Crippen LogP contribution in [0.4, 0.5) is 0 Å². The average molecular weight is 257 g/mol. The van der Waals surface area contributed by atoms with Gasteiger partial charge in [0.2, 0.25) is 5.91 Å². The van der Waals surface area contributed by atoms with Gasteiger partial charge in [0.15, 0.2) is 0 Å². The maximum absolute atomic E-state index is 12.0. The lowest BCUT2D eigenvalue weighted by Crippen LogP contribution is -2.41. The number of rotatable bonds is 8. The summed E-state index contributed by atoms with van der Waals surface area (Å²) in [5.74, 6) is -0.00150. The van der Waals surface area contributed by atoms with E-state index in [-0.39, 0.29) is 24.0 Å². The third kappa shape index (κ3) is 6.62. The number of nitrogens with zero attached hydrogens (tertiary/aromatic N) is 1. The van der Waals surface area contributed by atoms with Gasteiger partial charge < -0.3 is 9.64 Å². The quantitative estimate of drug-likeness (QED) is 0.496. The molecule has 0 saturated carbocycles. The van der Waals surface area contributed by atoms with Crippen LogP contribution in [-0.4, -0.2) is 35.5 Å². The largest absolute Gasteiger partial charge is 0.466 e. The molecule has 0 bridgehead atoms. The summed E-state index contributed by atoms with van der Waals surface area (Å²) in [5.41, 5.74) is 0. The lowest BCUT2D eigenvalue weighted by molar-refractivity contribution is -0.143. The first kappa shape index (κ1) is 16.9. The number of esters is 1. The van der Waals surface area contributed by atoms with E-state index in [1.165, 1.54) is 0 Å². The van der Waals surface area contributed by atoms with E-state index in [1.54, 1.807) is 6.92 Å². The minimum atomic E-state index is -0.172. The van der Waals surface area contributed by atoms with Gasteiger partial charge in [0, 0.05) is 24.9 Å². The summed E-state index contributed by atoms with van der Waals surface area (Å²) >= 11 is 0. The van der Waals surface area contributed by atoms with Crippen LogP contribution < -0.4 is 0 Å². The van der Waals surface area contributed by atoms with Gasteiger partial charge in [0.25, 0.3) is 0 Å². The Hall–Kier alpha value is -1.06. The molecule has 1 amide bonds. The number of ether oxygens (including phenoxy) is 1. The molecule has 0 spiro atoms. The number of carbonyl (C=O) groups excluding carboxylic acids is 2. The first-order valence-electron chi connectivity index (χ1n) is 6.86. The van der Waals surface area contributed by atoms with Gasteiger partial charge in [-0.05, 0) is 47.5 Å². The van der Waals surface area contributed by atoms with E-state index in [9.17, 15) is 9.59 Å². The fourth-order valence-corrected chi connectivity index (χ4v) is 2.08. The van der Waals surface area contributed by atoms with E-state index in [4.69, 9.17) is 4.74 Å². The van der Waals surface area contributed by atoms with Gasteiger partial charge in [-0.2, -0.15) is 0 Å². The molecule has 4 heteroatoms. The third-order valence-corrected chi connectivity index (χ3v) is 2.73. The van der Waals surface area contributed by atoms with E-state index in [0.29, 0.717) is 25.9 Å². The van der Waals surface area contributed by atoms with Gasteiger partial charge in [0.05, 0.1) is 6.61 Å². The second-order valence-electron chi connectivity index (χ2n) is 5.00. The van der Waals surface area contributed by atoms with E-state index < -0.39 is 0 Å². The van der Waals surface area contributed by atoms with E-state index in [2.05, 4.69) is 0 Å². The summed E-state index contributed by atoms with van der Waals surface area (Å²) in [6.45, 7) is 10.3. The molecular weight excluding hydrogens is 230 g/mol. The lowest BCUT2D eigenvalue weighted by atomic mass is 10.1. The van der Waals surface area contributed by atoms with Gasteiger partial charge in [-0.3, -0.25) is 9.59 Å². The minimum absolute atomic E-state index is 0.170. The van der Waals surface area contributed by atoms with Crippen molar-refractivity contribution in [2.75, 3.05) is 6.61 Å². The predicted molar refractivity (Wildman–Crippen MR) is 72.2 cm³/mol. The van der Waals surface area contributed by atoms with Gasteiger partial charge in [0.1, 0.15) is 0 Å². The molecule has 0 atom stereocenters. The number of amides is 1. The molecule has 0 rings (SSSR count). The smallest absolute Gasteiger partial charge is 0.305 e. The van der Waals surface area contributed by atoms with Gasteiger partial charge in [-0.15, -0.1) is 0 Å². The second kappa shape index (κ2) is 8.95. The molecule has 0 aliphatic heterocycles. The fraction of sp³-hybridized carbons (Fsp3) is 0.857. The van der Waals surface area contributed by atoms with Crippen LogP contribution in [-0.2, 0) is 14.3 Å². The molecule has 0 N–H and O–H groups in total. The zero-order valence-corrected chi connectivity index (χ0v) is 12.4. The Morgan fingerprint density at radius 1 is 1.00 bits per heavy atom. The van der Waals surface area contributed by atoms with Crippen LogP contribution >= 0.6 is 0 Å². The van der Waals surface area contributed by atoms with Crippen LogP contribution in [0, 0.1) is 0 Å². The van der Waals surface area contributed by atoms with Crippen LogP contribution in [0.25, 0.3) is 0 Å². The molecular formula is C14H27NO3. The normalized spacial score (nSPS) is 10.8. The highest BCUT2D eigenvalue weighted by molar-refractivity contribution is 5.76. The molecule has 0 aromatic carbocycles. The molecule has 0 heterocycles. The number of hydrogen-bond donors (Lipinski definition) is 0. The minimum Gasteiger partial charge on any atom is -0.466 e. The van der Waals surface area contributed by atoms with E-state index in [0.717, 1.165) is 6.42 Å². The van der Waals surface area contributed by atoms with Crippen LogP contribution in [0.5, 0.6) is 0 Å². The molecule has 0 radical (unpaired) electrons. The van der Waals surface area contributed by atoms with Crippen molar-refractivity contribution in [2.45, 2.75) is 72.4 Å². The highest BCUT2D eigenvalue weighted by atomic mass is 16.5. The van der Waals surface area contributed by atoms with Crippen molar-refractivity contribution in [3.8, 4) is 0 Å². The number of hydrogen-bond acceptors (Lipinski definition) is 3. The van der Waals surface area contributed by atoms with Crippen molar-refractivity contribution >= 4 is 11.9 Å².